The van der Waals surface area contributed by atoms with Crippen LogP contribution in [0.4, 0.5) is 5.69 Å². The van der Waals surface area contributed by atoms with Crippen LogP contribution < -0.4 is 15.5 Å². The number of nitrogens with zero attached hydrogens (tertiary/aromatic N) is 2. The van der Waals surface area contributed by atoms with E-state index in [4.69, 9.17) is 11.6 Å². The molecule has 174 valence electrons. The summed E-state index contributed by atoms with van der Waals surface area (Å²) < 4.78 is 0. The Hall–Kier alpha value is -2.90. The second-order valence-electron chi connectivity index (χ2n) is 8.97. The van der Waals surface area contributed by atoms with E-state index in [1.54, 1.807) is 4.90 Å². The summed E-state index contributed by atoms with van der Waals surface area (Å²) in [4.78, 5) is 40.3. The van der Waals surface area contributed by atoms with E-state index in [-0.39, 0.29) is 30.2 Å². The molecule has 0 radical (unpaired) electrons. The summed E-state index contributed by atoms with van der Waals surface area (Å²) in [5.74, 6) is -0.822. The Kier molecular flexibility index (Phi) is 6.72. The Labute approximate surface area is 199 Å². The van der Waals surface area contributed by atoms with Crippen molar-refractivity contribution in [3.63, 3.8) is 0 Å². The maximum absolute atomic E-state index is 12.8. The number of halogens is 1. The number of piperidine rings is 1. The minimum Gasteiger partial charge on any atom is -0.356 e. The second kappa shape index (κ2) is 9.53. The average molecular weight is 469 g/mol. The summed E-state index contributed by atoms with van der Waals surface area (Å²) in [6.07, 6.45) is 0.622. The van der Waals surface area contributed by atoms with Gasteiger partial charge in [-0.1, -0.05) is 29.8 Å². The third kappa shape index (κ3) is 4.89. The monoisotopic (exact) mass is 468 g/mol. The fourth-order valence-corrected chi connectivity index (χ4v) is 4.57. The molecule has 0 bridgehead atoms. The highest BCUT2D eigenvalue weighted by atomic mass is 35.5. The van der Waals surface area contributed by atoms with Crippen LogP contribution in [0.2, 0.25) is 5.02 Å². The lowest BCUT2D eigenvalue weighted by atomic mass is 10.0. The normalized spacial score (nSPS) is 18.0. The molecular formula is C25H29ClN4O3. The molecule has 4 rings (SSSR count). The van der Waals surface area contributed by atoms with Gasteiger partial charge in [0.05, 0.1) is 6.67 Å². The van der Waals surface area contributed by atoms with E-state index in [2.05, 4.69) is 35.4 Å². The molecule has 2 aromatic carbocycles. The first-order valence-corrected chi connectivity index (χ1v) is 11.6. The molecule has 33 heavy (non-hydrogen) atoms. The minimum atomic E-state index is -0.592. The fraction of sp³-hybridized carbons (Fsp3) is 0.400. The second-order valence-corrected chi connectivity index (χ2v) is 9.38. The number of carbonyl (C=O) groups is 3. The predicted octanol–water partition coefficient (Wildman–Crippen LogP) is 3.37. The number of hydrogen-bond donors (Lipinski definition) is 2. The number of fused-ring (bicyclic) bond motifs is 1. The number of rotatable bonds is 7. The van der Waals surface area contributed by atoms with E-state index in [0.29, 0.717) is 31.7 Å². The van der Waals surface area contributed by atoms with E-state index in [9.17, 15) is 14.4 Å². The third-order valence-electron chi connectivity index (χ3n) is 6.31. The smallest absolute Gasteiger partial charge is 0.255 e. The zero-order chi connectivity index (χ0) is 23.7. The Morgan fingerprint density at radius 2 is 1.97 bits per heavy atom. The first-order valence-electron chi connectivity index (χ1n) is 11.2. The molecule has 2 aromatic rings. The van der Waals surface area contributed by atoms with Gasteiger partial charge in [-0.3, -0.25) is 25.0 Å². The van der Waals surface area contributed by atoms with Gasteiger partial charge in [0, 0.05) is 41.8 Å². The Bertz CT molecular complexity index is 1100. The number of imide groups is 1. The van der Waals surface area contributed by atoms with Crippen molar-refractivity contribution < 1.29 is 14.4 Å². The molecule has 2 heterocycles. The number of anilines is 1. The van der Waals surface area contributed by atoms with E-state index in [1.807, 2.05) is 37.3 Å². The van der Waals surface area contributed by atoms with E-state index in [0.717, 1.165) is 27.4 Å². The van der Waals surface area contributed by atoms with Gasteiger partial charge in [0.15, 0.2) is 0 Å². The largest absolute Gasteiger partial charge is 0.356 e. The molecule has 1 unspecified atom stereocenters. The van der Waals surface area contributed by atoms with E-state index in [1.165, 1.54) is 0 Å². The van der Waals surface area contributed by atoms with Gasteiger partial charge in [0.25, 0.3) is 5.91 Å². The number of benzene rings is 2. The van der Waals surface area contributed by atoms with Crippen LogP contribution in [0, 0.1) is 6.92 Å². The van der Waals surface area contributed by atoms with Crippen molar-refractivity contribution >= 4 is 35.0 Å². The number of carbonyl (C=O) groups excluding carboxylic acids is 3. The Morgan fingerprint density at radius 1 is 1.18 bits per heavy atom. The highest BCUT2D eigenvalue weighted by Crippen LogP contribution is 2.28. The molecule has 3 amide bonds. The highest BCUT2D eigenvalue weighted by Gasteiger charge is 2.39. The molecule has 1 atom stereocenters. The van der Waals surface area contributed by atoms with Gasteiger partial charge in [-0.15, -0.1) is 0 Å². The maximum atomic E-state index is 12.8. The van der Waals surface area contributed by atoms with Crippen molar-refractivity contribution in [1.82, 2.24) is 15.5 Å². The zero-order valence-electron chi connectivity index (χ0n) is 19.2. The molecule has 8 heteroatoms. The van der Waals surface area contributed by atoms with Crippen LogP contribution in [0.15, 0.2) is 36.4 Å². The third-order valence-corrected chi connectivity index (χ3v) is 6.72. The molecule has 1 fully saturated rings. The topological polar surface area (TPSA) is 81.8 Å². The van der Waals surface area contributed by atoms with Crippen LogP contribution in [0.1, 0.15) is 53.7 Å². The van der Waals surface area contributed by atoms with Crippen LogP contribution in [0.25, 0.3) is 0 Å². The molecule has 7 nitrogen and oxygen atoms in total. The van der Waals surface area contributed by atoms with Crippen LogP contribution in [-0.4, -0.2) is 41.4 Å². The van der Waals surface area contributed by atoms with E-state index >= 15 is 0 Å². The lowest BCUT2D eigenvalue weighted by Crippen LogP contribution is -2.52. The minimum absolute atomic E-state index is 0.152. The van der Waals surface area contributed by atoms with Crippen LogP contribution in [-0.2, 0) is 22.7 Å². The van der Waals surface area contributed by atoms with Gasteiger partial charge in [0.2, 0.25) is 11.8 Å². The lowest BCUT2D eigenvalue weighted by molar-refractivity contribution is -0.136. The first kappa shape index (κ1) is 23.3. The van der Waals surface area contributed by atoms with Crippen LogP contribution in [0.3, 0.4) is 0 Å². The Balaban J connectivity index is 1.40. The maximum Gasteiger partial charge on any atom is 0.255 e. The molecule has 2 aliphatic rings. The zero-order valence-corrected chi connectivity index (χ0v) is 19.9. The fourth-order valence-electron chi connectivity index (χ4n) is 4.39. The van der Waals surface area contributed by atoms with Gasteiger partial charge < -0.3 is 9.80 Å². The number of aryl methyl sites for hydroxylation is 1. The summed E-state index contributed by atoms with van der Waals surface area (Å²) in [5.41, 5.74) is 4.72. The predicted molar refractivity (Wildman–Crippen MR) is 128 cm³/mol. The molecule has 0 saturated carbocycles. The first-order chi connectivity index (χ1) is 15.7. The van der Waals surface area contributed by atoms with Crippen molar-refractivity contribution in [1.29, 1.82) is 0 Å². The van der Waals surface area contributed by atoms with Crippen LogP contribution in [0.5, 0.6) is 0 Å². The summed E-state index contributed by atoms with van der Waals surface area (Å²) in [6.45, 7) is 7.94. The molecule has 2 aliphatic heterocycles. The van der Waals surface area contributed by atoms with Gasteiger partial charge in [-0.25, -0.2) is 0 Å². The van der Waals surface area contributed by atoms with Crippen molar-refractivity contribution in [2.75, 3.05) is 11.6 Å². The number of hydrogen-bond acceptors (Lipinski definition) is 5. The molecular weight excluding hydrogens is 440 g/mol. The standard InChI is InChI=1S/C25H29ClN4O3/c1-15(2)30(19-6-4-16(3)21(26)11-19)14-27-12-17-5-7-20-18(10-17)13-29(25(20)33)22-8-9-23(31)28-24(22)32/h4-7,10-11,15,22,27H,8-9,12-14H2,1-3H3,(H,28,31,32). The van der Waals surface area contributed by atoms with Gasteiger partial charge in [-0.2, -0.15) is 0 Å². The summed E-state index contributed by atoms with van der Waals surface area (Å²) >= 11 is 6.32. The summed E-state index contributed by atoms with van der Waals surface area (Å²) in [6, 6.07) is 11.6. The van der Waals surface area contributed by atoms with Gasteiger partial charge >= 0.3 is 0 Å². The van der Waals surface area contributed by atoms with Gasteiger partial charge in [0.1, 0.15) is 6.04 Å². The SMILES string of the molecule is Cc1ccc(N(CNCc2ccc3c(c2)CN(C2CCC(=O)NC2=O)C3=O)C(C)C)cc1Cl. The Morgan fingerprint density at radius 3 is 2.67 bits per heavy atom. The van der Waals surface area contributed by atoms with Crippen molar-refractivity contribution in [3.8, 4) is 0 Å². The average Bonchev–Trinajstić information content (AvgIpc) is 3.09. The van der Waals surface area contributed by atoms with Crippen molar-refractivity contribution in [2.24, 2.45) is 0 Å². The quantitative estimate of drug-likeness (QED) is 0.481. The van der Waals surface area contributed by atoms with Crippen LogP contribution >= 0.6 is 11.6 Å². The molecule has 2 N–H and O–H groups in total. The summed E-state index contributed by atoms with van der Waals surface area (Å²) in [7, 11) is 0. The summed E-state index contributed by atoms with van der Waals surface area (Å²) in [5, 5.41) is 6.58. The van der Waals surface area contributed by atoms with Crippen molar-refractivity contribution in [3.05, 3.63) is 63.7 Å². The van der Waals surface area contributed by atoms with E-state index < -0.39 is 6.04 Å². The lowest BCUT2D eigenvalue weighted by Gasteiger charge is -2.29. The number of nitrogens with one attached hydrogen (secondary N) is 2. The molecule has 1 saturated heterocycles. The molecule has 0 aliphatic carbocycles. The highest BCUT2D eigenvalue weighted by molar-refractivity contribution is 6.31. The van der Waals surface area contributed by atoms with Gasteiger partial charge in [-0.05, 0) is 62.1 Å². The van der Waals surface area contributed by atoms with Crippen molar-refractivity contribution in [2.45, 2.75) is 58.8 Å². The number of amides is 3. The molecule has 0 spiro atoms. The molecule has 0 aromatic heterocycles.